The molecule has 0 bridgehead atoms. The fraction of sp³-hybridized carbons (Fsp3) is 0.333. The molecule has 0 aliphatic carbocycles. The molecule has 0 radical (unpaired) electrons. The summed E-state index contributed by atoms with van der Waals surface area (Å²) in [4.78, 5) is 0. The van der Waals surface area contributed by atoms with Crippen LogP contribution in [0, 0.1) is 0 Å². The van der Waals surface area contributed by atoms with Crippen LogP contribution in [0.3, 0.4) is 0 Å². The van der Waals surface area contributed by atoms with Crippen molar-refractivity contribution in [2.75, 3.05) is 6.54 Å². The van der Waals surface area contributed by atoms with E-state index in [1.807, 2.05) is 0 Å². The average Bonchev–Trinajstić information content (AvgIpc) is 2.08. The molecule has 6 heteroatoms. The van der Waals surface area contributed by atoms with E-state index in [1.165, 1.54) is 0 Å². The van der Waals surface area contributed by atoms with Crippen LogP contribution >= 0.6 is 0 Å². The van der Waals surface area contributed by atoms with Gasteiger partial charge in [0.2, 0.25) is 0 Å². The monoisotopic (exact) mass is 340 g/mol. The Balaban J connectivity index is 0.000000980. The van der Waals surface area contributed by atoms with Gasteiger partial charge in [0.25, 0.3) is 0 Å². The minimum absolute atomic E-state index is 0. The largest absolute Gasteiger partial charge is 1.00 e. The van der Waals surface area contributed by atoms with Gasteiger partial charge in [0.15, 0.2) is 11.5 Å². The third-order valence-electron chi connectivity index (χ3n) is 2.42. The van der Waals surface area contributed by atoms with E-state index in [1.54, 1.807) is 12.1 Å². The highest BCUT2D eigenvalue weighted by Crippen LogP contribution is 2.30. The number of hydrogen-bond acceptors (Lipinski definition) is 2. The minimum Gasteiger partial charge on any atom is -1.00 e. The molecule has 0 fully saturated rings. The lowest BCUT2D eigenvalue weighted by Crippen LogP contribution is -3.00. The van der Waals surface area contributed by atoms with Gasteiger partial charge in [-0.2, -0.15) is 0 Å². The van der Waals surface area contributed by atoms with Gasteiger partial charge in [0.1, 0.15) is 18.3 Å². The van der Waals surface area contributed by atoms with Gasteiger partial charge in [-0.25, -0.2) is 0 Å². The zero-order valence-corrected chi connectivity index (χ0v) is 11.3. The van der Waals surface area contributed by atoms with Crippen LogP contribution in [-0.2, 0) is 6.42 Å². The van der Waals surface area contributed by atoms with E-state index in [-0.39, 0.29) is 45.5 Å². The molecular formula is C9H14Br2N2O2. The maximum Gasteiger partial charge on any atom is 0.163 e. The van der Waals surface area contributed by atoms with Crippen molar-refractivity contribution in [2.45, 2.75) is 12.5 Å². The number of quaternary nitrogens is 2. The van der Waals surface area contributed by atoms with Gasteiger partial charge >= 0.3 is 0 Å². The number of halogens is 2. The number of nitrogens with two attached hydrogens (primary N) is 1. The van der Waals surface area contributed by atoms with Crippen LogP contribution in [0.15, 0.2) is 12.1 Å². The van der Waals surface area contributed by atoms with Crippen molar-refractivity contribution in [1.29, 1.82) is 0 Å². The predicted molar refractivity (Wildman–Crippen MR) is 46.6 cm³/mol. The summed E-state index contributed by atoms with van der Waals surface area (Å²) in [5, 5.41) is 20.6. The summed E-state index contributed by atoms with van der Waals surface area (Å²) in [6, 6.07) is 3.62. The number of phenols is 2. The molecule has 1 aliphatic heterocycles. The number of benzene rings is 1. The SMILES string of the molecule is [Br-].[Br-].[NH3+][C@@H]1C[NH2+]c2cc(O)c(O)cc2C1. The topological polar surface area (TPSA) is 84.7 Å². The predicted octanol–water partition coefficient (Wildman–Crippen LogP) is -7.53. The smallest absolute Gasteiger partial charge is 0.163 e. The van der Waals surface area contributed by atoms with E-state index >= 15 is 0 Å². The molecule has 1 atom stereocenters. The fourth-order valence-electron chi connectivity index (χ4n) is 1.69. The first-order valence-corrected chi connectivity index (χ1v) is 4.38. The van der Waals surface area contributed by atoms with Crippen molar-refractivity contribution in [3.05, 3.63) is 17.7 Å². The molecule has 15 heavy (non-hydrogen) atoms. The molecule has 1 heterocycles. The maximum absolute atomic E-state index is 9.28. The Morgan fingerprint density at radius 2 is 1.80 bits per heavy atom. The second kappa shape index (κ2) is 5.69. The van der Waals surface area contributed by atoms with Crippen LogP contribution in [0.25, 0.3) is 0 Å². The Hall–Kier alpha value is -0.300. The average molecular weight is 342 g/mol. The van der Waals surface area contributed by atoms with Crippen LogP contribution in [0.5, 0.6) is 11.5 Å². The van der Waals surface area contributed by atoms with Crippen molar-refractivity contribution in [3.8, 4) is 11.5 Å². The quantitative estimate of drug-likeness (QED) is 0.215. The van der Waals surface area contributed by atoms with E-state index in [4.69, 9.17) is 0 Å². The van der Waals surface area contributed by atoms with Gasteiger partial charge in [0, 0.05) is 18.1 Å². The molecule has 0 saturated heterocycles. The van der Waals surface area contributed by atoms with Crippen LogP contribution in [0.1, 0.15) is 5.56 Å². The lowest BCUT2D eigenvalue weighted by molar-refractivity contribution is -0.618. The van der Waals surface area contributed by atoms with Gasteiger partial charge in [-0.15, -0.1) is 0 Å². The highest BCUT2D eigenvalue weighted by molar-refractivity contribution is 5.53. The van der Waals surface area contributed by atoms with Crippen molar-refractivity contribution in [1.82, 2.24) is 0 Å². The third kappa shape index (κ3) is 3.07. The number of hydrogen-bond donors (Lipinski definition) is 4. The number of phenolic OH excluding ortho intramolecular Hbond substituents is 2. The number of aromatic hydroxyl groups is 2. The molecule has 86 valence electrons. The Bertz CT molecular complexity index is 347. The molecule has 2 rings (SSSR count). The summed E-state index contributed by atoms with van der Waals surface area (Å²) >= 11 is 0. The van der Waals surface area contributed by atoms with Crippen LogP contribution < -0.4 is 45.0 Å². The summed E-state index contributed by atoms with van der Waals surface area (Å²) in [5.74, 6) is -0.0845. The van der Waals surface area contributed by atoms with E-state index in [9.17, 15) is 10.2 Å². The highest BCUT2D eigenvalue weighted by Gasteiger charge is 2.22. The molecule has 1 aromatic rings. The molecular weight excluding hydrogens is 328 g/mol. The normalized spacial score (nSPS) is 18.3. The first kappa shape index (κ1) is 14.7. The zero-order valence-electron chi connectivity index (χ0n) is 8.08. The van der Waals surface area contributed by atoms with E-state index in [0.717, 1.165) is 24.2 Å². The summed E-state index contributed by atoms with van der Waals surface area (Å²) < 4.78 is 0. The van der Waals surface area contributed by atoms with Crippen molar-refractivity contribution >= 4 is 5.69 Å². The lowest BCUT2D eigenvalue weighted by atomic mass is 10.00. The molecule has 0 saturated carbocycles. The lowest BCUT2D eigenvalue weighted by Gasteiger charge is -2.17. The maximum atomic E-state index is 9.28. The molecule has 0 unspecified atom stereocenters. The van der Waals surface area contributed by atoms with Gasteiger partial charge in [-0.1, -0.05) is 0 Å². The number of fused-ring (bicyclic) bond motifs is 1. The molecule has 1 aliphatic rings. The summed E-state index contributed by atoms with van der Waals surface area (Å²) in [6.45, 7) is 0.942. The molecule has 7 N–H and O–H groups in total. The molecule has 4 nitrogen and oxygen atoms in total. The first-order chi connectivity index (χ1) is 6.16. The van der Waals surface area contributed by atoms with Gasteiger partial charge in [-0.05, 0) is 6.07 Å². The van der Waals surface area contributed by atoms with Crippen LogP contribution in [0.4, 0.5) is 5.69 Å². The van der Waals surface area contributed by atoms with Gasteiger partial charge in [-0.3, -0.25) is 0 Å². The van der Waals surface area contributed by atoms with Crippen LogP contribution in [0.2, 0.25) is 0 Å². The Morgan fingerprint density at radius 1 is 1.20 bits per heavy atom. The third-order valence-corrected chi connectivity index (χ3v) is 2.42. The van der Waals surface area contributed by atoms with Gasteiger partial charge < -0.3 is 55.2 Å². The Labute approximate surface area is 109 Å². The van der Waals surface area contributed by atoms with Crippen LogP contribution in [-0.4, -0.2) is 22.8 Å². The highest BCUT2D eigenvalue weighted by atomic mass is 79.9. The second-order valence-corrected chi connectivity index (χ2v) is 3.55. The van der Waals surface area contributed by atoms with Crippen molar-refractivity contribution in [2.24, 2.45) is 0 Å². The molecule has 0 amide bonds. The zero-order chi connectivity index (χ0) is 9.42. The molecule has 1 aromatic carbocycles. The second-order valence-electron chi connectivity index (χ2n) is 3.55. The first-order valence-electron chi connectivity index (χ1n) is 4.38. The molecule has 0 spiro atoms. The van der Waals surface area contributed by atoms with E-state index in [2.05, 4.69) is 11.1 Å². The standard InChI is InChI=1S/C9H12N2O2.2BrH/c10-6-1-5-2-8(12)9(13)3-7(5)11-4-6;;/h2-3,6,11-13H,1,4,10H2;2*1H/t6-;;/m0../s1. The van der Waals surface area contributed by atoms with Gasteiger partial charge in [0.05, 0.1) is 0 Å². The Kier molecular flexibility index (Phi) is 5.58. The Morgan fingerprint density at radius 3 is 2.47 bits per heavy atom. The summed E-state index contributed by atoms with van der Waals surface area (Å²) in [7, 11) is 0. The number of rotatable bonds is 0. The van der Waals surface area contributed by atoms with E-state index in [0.29, 0.717) is 6.04 Å². The van der Waals surface area contributed by atoms with Crippen molar-refractivity contribution in [3.63, 3.8) is 0 Å². The minimum atomic E-state index is -0.0440. The summed E-state index contributed by atoms with van der Waals surface area (Å²) in [6.07, 6.45) is 0.875. The fourth-order valence-corrected chi connectivity index (χ4v) is 1.69. The van der Waals surface area contributed by atoms with E-state index < -0.39 is 0 Å². The summed E-state index contributed by atoms with van der Waals surface area (Å²) in [5.41, 5.74) is 6.07. The van der Waals surface area contributed by atoms with Crippen molar-refractivity contribution < 1.29 is 55.2 Å². The molecule has 0 aromatic heterocycles.